The van der Waals surface area contributed by atoms with Gasteiger partial charge in [-0.15, -0.1) is 0 Å². The standard InChI is InChI=1S/C26H31NO6/c1-16(10-12-22(28)27-14-13-18-7-5-6-8-21(18)31-3)9-11-19-24(29)23-20(15-33-26(23)30)17(2)25(19)32-4/h5-9,29H,10-15H2,1-4H3,(H,27,28)/b16-9+. The van der Waals surface area contributed by atoms with E-state index in [0.29, 0.717) is 49.1 Å². The first kappa shape index (κ1) is 24.2. The van der Waals surface area contributed by atoms with Crippen molar-refractivity contribution in [1.29, 1.82) is 0 Å². The molecule has 33 heavy (non-hydrogen) atoms. The first-order valence-corrected chi connectivity index (χ1v) is 11.0. The van der Waals surface area contributed by atoms with Crippen molar-refractivity contribution in [2.24, 2.45) is 0 Å². The van der Waals surface area contributed by atoms with Crippen molar-refractivity contribution >= 4 is 11.9 Å². The summed E-state index contributed by atoms with van der Waals surface area (Å²) < 4.78 is 15.9. The number of aromatic hydroxyl groups is 1. The summed E-state index contributed by atoms with van der Waals surface area (Å²) in [4.78, 5) is 24.3. The molecule has 1 amide bonds. The van der Waals surface area contributed by atoms with E-state index in [4.69, 9.17) is 14.2 Å². The lowest BCUT2D eigenvalue weighted by Crippen LogP contribution is -2.25. The Hall–Kier alpha value is -3.48. The Bertz CT molecular complexity index is 1070. The minimum absolute atomic E-state index is 0.0193. The van der Waals surface area contributed by atoms with Gasteiger partial charge >= 0.3 is 5.97 Å². The van der Waals surface area contributed by atoms with Gasteiger partial charge in [0.2, 0.25) is 5.91 Å². The van der Waals surface area contributed by atoms with E-state index in [-0.39, 0.29) is 23.8 Å². The van der Waals surface area contributed by atoms with Gasteiger partial charge in [-0.1, -0.05) is 29.8 Å². The summed E-state index contributed by atoms with van der Waals surface area (Å²) in [5, 5.41) is 13.6. The molecule has 1 heterocycles. The van der Waals surface area contributed by atoms with Gasteiger partial charge in [-0.05, 0) is 50.3 Å². The monoisotopic (exact) mass is 453 g/mol. The maximum Gasteiger partial charge on any atom is 0.342 e. The second kappa shape index (κ2) is 10.9. The van der Waals surface area contributed by atoms with Crippen LogP contribution >= 0.6 is 0 Å². The fraction of sp³-hybridized carbons (Fsp3) is 0.385. The van der Waals surface area contributed by atoms with Gasteiger partial charge in [0.15, 0.2) is 0 Å². The number of para-hydroxylation sites is 1. The van der Waals surface area contributed by atoms with Gasteiger partial charge in [0.1, 0.15) is 29.4 Å². The molecule has 0 bridgehead atoms. The fourth-order valence-corrected chi connectivity index (χ4v) is 4.05. The maximum atomic E-state index is 12.2. The minimum atomic E-state index is -0.514. The quantitative estimate of drug-likeness (QED) is 0.417. The number of cyclic esters (lactones) is 1. The lowest BCUT2D eigenvalue weighted by Gasteiger charge is -2.15. The molecule has 0 unspecified atom stereocenters. The molecule has 0 atom stereocenters. The number of hydrogen-bond donors (Lipinski definition) is 2. The van der Waals surface area contributed by atoms with E-state index < -0.39 is 5.97 Å². The third-order valence-corrected chi connectivity index (χ3v) is 5.96. The van der Waals surface area contributed by atoms with Crippen molar-refractivity contribution in [3.8, 4) is 17.2 Å². The lowest BCUT2D eigenvalue weighted by molar-refractivity contribution is -0.121. The number of benzene rings is 2. The number of esters is 1. The van der Waals surface area contributed by atoms with Crippen LogP contribution in [0.1, 0.15) is 52.4 Å². The van der Waals surface area contributed by atoms with E-state index in [1.54, 1.807) is 14.2 Å². The smallest absolute Gasteiger partial charge is 0.342 e. The van der Waals surface area contributed by atoms with Gasteiger partial charge < -0.3 is 24.6 Å². The summed E-state index contributed by atoms with van der Waals surface area (Å²) in [5.41, 5.74) is 4.31. The number of phenolic OH excluding ortho intramolecular Hbond substituents is 1. The molecule has 1 aliphatic heterocycles. The van der Waals surface area contributed by atoms with Gasteiger partial charge in [0.05, 0.1) is 14.2 Å². The topological polar surface area (TPSA) is 94.1 Å². The van der Waals surface area contributed by atoms with Crippen molar-refractivity contribution in [1.82, 2.24) is 5.32 Å². The molecule has 7 heteroatoms. The molecule has 7 nitrogen and oxygen atoms in total. The molecular formula is C26H31NO6. The molecular weight excluding hydrogens is 422 g/mol. The number of methoxy groups -OCH3 is 2. The highest BCUT2D eigenvalue weighted by Gasteiger charge is 2.31. The van der Waals surface area contributed by atoms with Gasteiger partial charge in [-0.2, -0.15) is 0 Å². The molecule has 0 fully saturated rings. The van der Waals surface area contributed by atoms with Crippen LogP contribution in [0.4, 0.5) is 0 Å². The average molecular weight is 454 g/mol. The van der Waals surface area contributed by atoms with Crippen molar-refractivity contribution in [2.45, 2.75) is 46.1 Å². The molecule has 0 saturated heterocycles. The van der Waals surface area contributed by atoms with E-state index in [0.717, 1.165) is 22.4 Å². The van der Waals surface area contributed by atoms with Gasteiger partial charge in [-0.3, -0.25) is 4.79 Å². The second-order valence-corrected chi connectivity index (χ2v) is 8.08. The van der Waals surface area contributed by atoms with Gasteiger partial charge in [0.25, 0.3) is 0 Å². The van der Waals surface area contributed by atoms with Gasteiger partial charge in [0, 0.05) is 24.1 Å². The zero-order valence-corrected chi connectivity index (χ0v) is 19.6. The number of rotatable bonds is 10. The first-order chi connectivity index (χ1) is 15.9. The second-order valence-electron chi connectivity index (χ2n) is 8.08. The van der Waals surface area contributed by atoms with Crippen LogP contribution in [-0.4, -0.2) is 37.7 Å². The number of carbonyl (C=O) groups is 2. The molecule has 0 aliphatic carbocycles. The van der Waals surface area contributed by atoms with E-state index in [9.17, 15) is 14.7 Å². The van der Waals surface area contributed by atoms with Crippen LogP contribution in [0.3, 0.4) is 0 Å². The molecule has 2 N–H and O–H groups in total. The Morgan fingerprint density at radius 1 is 1.21 bits per heavy atom. The van der Waals surface area contributed by atoms with Crippen LogP contribution in [0.15, 0.2) is 35.9 Å². The Morgan fingerprint density at radius 3 is 2.70 bits per heavy atom. The van der Waals surface area contributed by atoms with E-state index in [1.165, 1.54) is 0 Å². The summed E-state index contributed by atoms with van der Waals surface area (Å²) in [6.45, 7) is 4.48. The van der Waals surface area contributed by atoms with Crippen molar-refractivity contribution in [3.05, 3.63) is 63.7 Å². The van der Waals surface area contributed by atoms with Crippen molar-refractivity contribution in [2.75, 3.05) is 20.8 Å². The largest absolute Gasteiger partial charge is 0.507 e. The SMILES string of the molecule is COc1ccccc1CCNC(=O)CC/C(C)=C/Cc1c(O)c2c(c(C)c1OC)COC2=O. The number of hydrogen-bond acceptors (Lipinski definition) is 6. The Labute approximate surface area is 194 Å². The van der Waals surface area contributed by atoms with Crippen LogP contribution in [0.2, 0.25) is 0 Å². The summed E-state index contributed by atoms with van der Waals surface area (Å²) in [6.07, 6.45) is 4.00. The van der Waals surface area contributed by atoms with Crippen molar-refractivity contribution in [3.63, 3.8) is 0 Å². The summed E-state index contributed by atoms with van der Waals surface area (Å²) >= 11 is 0. The number of nitrogens with one attached hydrogen (secondary N) is 1. The Kier molecular flexibility index (Phi) is 7.98. The molecule has 0 aromatic heterocycles. The van der Waals surface area contributed by atoms with Crippen molar-refractivity contribution < 1.29 is 28.9 Å². The Morgan fingerprint density at radius 2 is 1.97 bits per heavy atom. The van der Waals surface area contributed by atoms with Crippen LogP contribution in [0.5, 0.6) is 17.2 Å². The fourth-order valence-electron chi connectivity index (χ4n) is 4.05. The number of carbonyl (C=O) groups excluding carboxylic acids is 2. The number of allylic oxidation sites excluding steroid dienone is 2. The number of amides is 1. The third kappa shape index (κ3) is 5.48. The Balaban J connectivity index is 1.56. The molecule has 176 valence electrons. The lowest BCUT2D eigenvalue weighted by atomic mass is 9.94. The molecule has 0 saturated carbocycles. The highest BCUT2D eigenvalue weighted by molar-refractivity contribution is 5.98. The third-order valence-electron chi connectivity index (χ3n) is 5.96. The molecule has 2 aromatic rings. The van der Waals surface area contributed by atoms with Gasteiger partial charge in [-0.25, -0.2) is 4.79 Å². The number of fused-ring (bicyclic) bond motifs is 1. The summed E-state index contributed by atoms with van der Waals surface area (Å²) in [6, 6.07) is 7.76. The van der Waals surface area contributed by atoms with E-state index in [2.05, 4.69) is 5.32 Å². The van der Waals surface area contributed by atoms with E-state index >= 15 is 0 Å². The number of ether oxygens (including phenoxy) is 3. The zero-order valence-electron chi connectivity index (χ0n) is 19.6. The van der Waals surface area contributed by atoms with Crippen LogP contribution in [0.25, 0.3) is 0 Å². The van der Waals surface area contributed by atoms with E-state index in [1.807, 2.05) is 44.2 Å². The molecule has 3 rings (SSSR count). The summed E-state index contributed by atoms with van der Waals surface area (Å²) in [5.74, 6) is 0.754. The minimum Gasteiger partial charge on any atom is -0.507 e. The normalized spacial score (nSPS) is 12.8. The summed E-state index contributed by atoms with van der Waals surface area (Å²) in [7, 11) is 3.18. The molecule has 2 aromatic carbocycles. The van der Waals surface area contributed by atoms with Crippen LogP contribution < -0.4 is 14.8 Å². The maximum absolute atomic E-state index is 12.2. The molecule has 0 spiro atoms. The predicted molar refractivity (Wildman–Crippen MR) is 125 cm³/mol. The first-order valence-electron chi connectivity index (χ1n) is 11.0. The predicted octanol–water partition coefficient (Wildman–Crippen LogP) is 4.02. The average Bonchev–Trinajstić information content (AvgIpc) is 3.21. The molecule has 0 radical (unpaired) electrons. The molecule has 1 aliphatic rings. The van der Waals surface area contributed by atoms with Crippen LogP contribution in [-0.2, 0) is 29.0 Å². The highest BCUT2D eigenvalue weighted by Crippen LogP contribution is 2.42. The highest BCUT2D eigenvalue weighted by atomic mass is 16.5. The van der Waals surface area contributed by atoms with Crippen LogP contribution in [0, 0.1) is 6.92 Å². The zero-order chi connectivity index (χ0) is 24.0. The number of phenols is 1.